The van der Waals surface area contributed by atoms with Crippen LogP contribution in [0, 0.1) is 0 Å². The fourth-order valence-electron chi connectivity index (χ4n) is 2.81. The molecule has 1 aliphatic heterocycles. The van der Waals surface area contributed by atoms with Gasteiger partial charge < -0.3 is 14.5 Å². The van der Waals surface area contributed by atoms with Crippen LogP contribution < -0.4 is 4.74 Å². The summed E-state index contributed by atoms with van der Waals surface area (Å²) >= 11 is 0. The molecule has 4 nitrogen and oxygen atoms in total. The molecule has 0 unspecified atom stereocenters. The second-order valence-electron chi connectivity index (χ2n) is 6.39. The van der Waals surface area contributed by atoms with Gasteiger partial charge in [0.1, 0.15) is 5.75 Å². The van der Waals surface area contributed by atoms with E-state index in [1.807, 2.05) is 7.05 Å². The van der Waals surface area contributed by atoms with E-state index in [0.717, 1.165) is 12.1 Å². The molecular weight excluding hydrogens is 321 g/mol. The molecule has 0 spiro atoms. The Labute approximate surface area is 140 Å². The highest BCUT2D eigenvalue weighted by atomic mass is 19.4. The molecule has 1 amide bonds. The van der Waals surface area contributed by atoms with E-state index in [2.05, 4.69) is 4.90 Å². The predicted octanol–water partition coefficient (Wildman–Crippen LogP) is 3.23. The van der Waals surface area contributed by atoms with Gasteiger partial charge in [-0.15, -0.1) is 0 Å². The topological polar surface area (TPSA) is 32.8 Å². The molecule has 0 atom stereocenters. The molecule has 0 N–H and O–H groups in total. The highest BCUT2D eigenvalue weighted by molar-refractivity contribution is 5.98. The van der Waals surface area contributed by atoms with Crippen LogP contribution in [0.2, 0.25) is 0 Å². The molecule has 1 fully saturated rings. The molecular formula is C17H23F3N2O2. The second kappa shape index (κ2) is 7.01. The van der Waals surface area contributed by atoms with Crippen molar-refractivity contribution >= 4 is 5.91 Å². The Morgan fingerprint density at radius 3 is 2.21 bits per heavy atom. The van der Waals surface area contributed by atoms with Crippen LogP contribution in [0.3, 0.4) is 0 Å². The normalized spacial score (nSPS) is 16.6. The molecule has 1 heterocycles. The first-order valence-electron chi connectivity index (χ1n) is 7.92. The highest BCUT2D eigenvalue weighted by Gasteiger charge is 2.35. The number of halogens is 3. The summed E-state index contributed by atoms with van der Waals surface area (Å²) in [7, 11) is 3.33. The van der Waals surface area contributed by atoms with Crippen LogP contribution in [0.15, 0.2) is 12.1 Å². The van der Waals surface area contributed by atoms with Crippen LogP contribution in [-0.2, 0) is 6.18 Å². The van der Waals surface area contributed by atoms with E-state index < -0.39 is 17.6 Å². The zero-order valence-corrected chi connectivity index (χ0v) is 14.4. The van der Waals surface area contributed by atoms with E-state index in [9.17, 15) is 18.0 Å². The largest absolute Gasteiger partial charge is 0.496 e. The zero-order valence-electron chi connectivity index (χ0n) is 14.4. The molecule has 134 valence electrons. The minimum atomic E-state index is -4.51. The summed E-state index contributed by atoms with van der Waals surface area (Å²) in [5.74, 6) is -0.365. The van der Waals surface area contributed by atoms with Crippen molar-refractivity contribution < 1.29 is 22.7 Å². The van der Waals surface area contributed by atoms with E-state index in [1.54, 1.807) is 18.7 Å². The first kappa shape index (κ1) is 18.6. The number of methoxy groups -OCH3 is 1. The van der Waals surface area contributed by atoms with Gasteiger partial charge in [-0.1, -0.05) is 13.8 Å². The molecule has 1 aromatic rings. The third-order valence-corrected chi connectivity index (χ3v) is 4.29. The lowest BCUT2D eigenvalue weighted by Crippen LogP contribution is -2.47. The van der Waals surface area contributed by atoms with Gasteiger partial charge in [0.05, 0.1) is 18.2 Å². The fourth-order valence-corrected chi connectivity index (χ4v) is 2.81. The van der Waals surface area contributed by atoms with Crippen LogP contribution >= 0.6 is 0 Å². The lowest BCUT2D eigenvalue weighted by atomic mass is 9.95. The van der Waals surface area contributed by atoms with E-state index >= 15 is 0 Å². The van der Waals surface area contributed by atoms with Crippen molar-refractivity contribution in [2.75, 3.05) is 40.3 Å². The summed E-state index contributed by atoms with van der Waals surface area (Å²) in [6.45, 7) is 5.94. The van der Waals surface area contributed by atoms with Gasteiger partial charge in [0.25, 0.3) is 5.91 Å². The number of nitrogens with zero attached hydrogens (tertiary/aromatic N) is 2. The number of rotatable bonds is 3. The van der Waals surface area contributed by atoms with Gasteiger partial charge in [-0.3, -0.25) is 4.79 Å². The Kier molecular flexibility index (Phi) is 5.42. The molecule has 2 rings (SSSR count). The summed E-state index contributed by atoms with van der Waals surface area (Å²) < 4.78 is 45.0. The summed E-state index contributed by atoms with van der Waals surface area (Å²) in [4.78, 5) is 16.5. The van der Waals surface area contributed by atoms with Crippen LogP contribution in [0.5, 0.6) is 5.75 Å². The zero-order chi connectivity index (χ0) is 18.1. The van der Waals surface area contributed by atoms with Crippen molar-refractivity contribution in [2.45, 2.75) is 25.9 Å². The van der Waals surface area contributed by atoms with Crippen molar-refractivity contribution in [3.05, 3.63) is 28.8 Å². The number of hydrogen-bond donors (Lipinski definition) is 0. The average molecular weight is 344 g/mol. The van der Waals surface area contributed by atoms with Crippen molar-refractivity contribution in [1.82, 2.24) is 9.80 Å². The summed E-state index contributed by atoms with van der Waals surface area (Å²) in [5.41, 5.74) is -0.435. The van der Waals surface area contributed by atoms with E-state index in [4.69, 9.17) is 4.74 Å². The fraction of sp³-hybridized carbons (Fsp3) is 0.588. The highest BCUT2D eigenvalue weighted by Crippen LogP contribution is 2.38. The monoisotopic (exact) mass is 344 g/mol. The predicted molar refractivity (Wildman–Crippen MR) is 85.5 cm³/mol. The standard InChI is InChI=1S/C17H23F3N2O2/c1-11(2)13-9-12(17(18,19)20)10-14(15(13)24-4)16(23)22-7-5-21(3)6-8-22/h9-11H,5-8H2,1-4H3. The number of amides is 1. The number of carbonyl (C=O) groups is 1. The van der Waals surface area contributed by atoms with Crippen LogP contribution in [0.4, 0.5) is 13.2 Å². The molecule has 0 radical (unpaired) electrons. The Balaban J connectivity index is 2.50. The Hall–Kier alpha value is -1.76. The number of alkyl halides is 3. The Bertz CT molecular complexity index is 607. The van der Waals surface area contributed by atoms with Gasteiger partial charge in [0.2, 0.25) is 0 Å². The molecule has 0 saturated carbocycles. The number of hydrogen-bond acceptors (Lipinski definition) is 3. The molecule has 1 aliphatic rings. The van der Waals surface area contributed by atoms with Crippen LogP contribution in [-0.4, -0.2) is 56.0 Å². The Morgan fingerprint density at radius 1 is 1.17 bits per heavy atom. The maximum absolute atomic E-state index is 13.2. The van der Waals surface area contributed by atoms with Crippen molar-refractivity contribution in [3.63, 3.8) is 0 Å². The number of likely N-dealkylation sites (N-methyl/N-ethyl adjacent to an activating group) is 1. The van der Waals surface area contributed by atoms with Crippen molar-refractivity contribution in [1.29, 1.82) is 0 Å². The molecule has 0 aromatic heterocycles. The maximum atomic E-state index is 13.2. The Morgan fingerprint density at radius 2 is 1.75 bits per heavy atom. The lowest BCUT2D eigenvalue weighted by Gasteiger charge is -2.33. The molecule has 7 heteroatoms. The van der Waals surface area contributed by atoms with E-state index in [-0.39, 0.29) is 17.2 Å². The average Bonchev–Trinajstić information content (AvgIpc) is 2.52. The van der Waals surface area contributed by atoms with E-state index in [0.29, 0.717) is 31.7 Å². The molecule has 0 aliphatic carbocycles. The van der Waals surface area contributed by atoms with Crippen LogP contribution in [0.1, 0.15) is 41.3 Å². The number of carbonyl (C=O) groups excluding carboxylic acids is 1. The second-order valence-corrected chi connectivity index (χ2v) is 6.39. The van der Waals surface area contributed by atoms with Gasteiger partial charge in [-0.25, -0.2) is 0 Å². The van der Waals surface area contributed by atoms with E-state index in [1.165, 1.54) is 7.11 Å². The van der Waals surface area contributed by atoms with Gasteiger partial charge in [0, 0.05) is 26.2 Å². The number of ether oxygens (including phenoxy) is 1. The first-order chi connectivity index (χ1) is 11.1. The maximum Gasteiger partial charge on any atom is 0.416 e. The van der Waals surface area contributed by atoms with Gasteiger partial charge in [-0.2, -0.15) is 13.2 Å². The van der Waals surface area contributed by atoms with Crippen molar-refractivity contribution in [3.8, 4) is 5.75 Å². The third-order valence-electron chi connectivity index (χ3n) is 4.29. The quantitative estimate of drug-likeness (QED) is 0.844. The van der Waals surface area contributed by atoms with Gasteiger partial charge in [0.15, 0.2) is 0 Å². The molecule has 1 saturated heterocycles. The van der Waals surface area contributed by atoms with Crippen molar-refractivity contribution in [2.24, 2.45) is 0 Å². The summed E-state index contributed by atoms with van der Waals surface area (Å²) in [6, 6.07) is 1.98. The minimum Gasteiger partial charge on any atom is -0.496 e. The summed E-state index contributed by atoms with van der Waals surface area (Å²) in [6.07, 6.45) is -4.51. The number of benzene rings is 1. The van der Waals surface area contributed by atoms with Gasteiger partial charge in [-0.05, 0) is 30.7 Å². The minimum absolute atomic E-state index is 0.0134. The molecule has 1 aromatic carbocycles. The number of piperazine rings is 1. The van der Waals surface area contributed by atoms with Crippen LogP contribution in [0.25, 0.3) is 0 Å². The smallest absolute Gasteiger partial charge is 0.416 e. The molecule has 24 heavy (non-hydrogen) atoms. The lowest BCUT2D eigenvalue weighted by molar-refractivity contribution is -0.137. The molecule has 0 bridgehead atoms. The van der Waals surface area contributed by atoms with Gasteiger partial charge >= 0.3 is 6.18 Å². The SMILES string of the molecule is COc1c(C(=O)N2CCN(C)CC2)cc(C(F)(F)F)cc1C(C)C. The summed E-state index contributed by atoms with van der Waals surface area (Å²) in [5, 5.41) is 0. The first-order valence-corrected chi connectivity index (χ1v) is 7.92. The third kappa shape index (κ3) is 3.83.